The van der Waals surface area contributed by atoms with E-state index in [1.807, 2.05) is 12.1 Å². The summed E-state index contributed by atoms with van der Waals surface area (Å²) < 4.78 is 6.99. The molecule has 0 amide bonds. The predicted octanol–water partition coefficient (Wildman–Crippen LogP) is 6.27. The molecule has 2 heterocycles. The van der Waals surface area contributed by atoms with Crippen molar-refractivity contribution in [2.45, 2.75) is 31.4 Å². The summed E-state index contributed by atoms with van der Waals surface area (Å²) in [4.78, 5) is 3.43. The molecule has 0 aliphatic rings. The van der Waals surface area contributed by atoms with E-state index in [1.54, 1.807) is 11.8 Å². The van der Waals surface area contributed by atoms with Crippen molar-refractivity contribution in [3.05, 3.63) is 64.1 Å². The maximum absolute atomic E-state index is 5.92. The fourth-order valence-electron chi connectivity index (χ4n) is 3.22. The van der Waals surface area contributed by atoms with Crippen LogP contribution in [0.2, 0.25) is 0 Å². The highest BCUT2D eigenvalue weighted by Gasteiger charge is 2.17. The third-order valence-corrected chi connectivity index (χ3v) is 5.92. The van der Waals surface area contributed by atoms with Gasteiger partial charge in [0.05, 0.1) is 0 Å². The van der Waals surface area contributed by atoms with Crippen LogP contribution in [0.25, 0.3) is 22.5 Å². The third-order valence-electron chi connectivity index (χ3n) is 4.52. The monoisotopic (exact) mass is 441 g/mol. The first-order valence-corrected chi connectivity index (χ1v) is 10.8. The number of hydrogen-bond acceptors (Lipinski definition) is 4. The van der Waals surface area contributed by atoms with Gasteiger partial charge >= 0.3 is 0 Å². The number of aromatic nitrogens is 3. The van der Waals surface area contributed by atoms with Gasteiger partial charge in [-0.05, 0) is 48.6 Å². The Bertz CT molecular complexity index is 1040. The average molecular weight is 442 g/mol. The van der Waals surface area contributed by atoms with Crippen molar-refractivity contribution < 1.29 is 4.42 Å². The maximum Gasteiger partial charge on any atom is 0.276 e. The number of nitrogens with zero attached hydrogens (tertiary/aromatic N) is 2. The second-order valence-corrected chi connectivity index (χ2v) is 8.29. The van der Waals surface area contributed by atoms with E-state index in [1.165, 1.54) is 16.5 Å². The Labute approximate surface area is 170 Å². The number of halogens is 1. The van der Waals surface area contributed by atoms with Crippen molar-refractivity contribution in [2.75, 3.05) is 5.75 Å². The van der Waals surface area contributed by atoms with Crippen LogP contribution in [0.5, 0.6) is 0 Å². The number of thioether (sulfide) groups is 1. The number of nitrogens with one attached hydrogen (secondary N) is 1. The van der Waals surface area contributed by atoms with Gasteiger partial charge in [-0.3, -0.25) is 0 Å². The van der Waals surface area contributed by atoms with E-state index in [4.69, 9.17) is 4.42 Å². The number of fused-ring (bicyclic) bond motifs is 1. The zero-order chi connectivity index (χ0) is 18.6. The van der Waals surface area contributed by atoms with Crippen molar-refractivity contribution in [1.29, 1.82) is 0 Å². The topological polar surface area (TPSA) is 54.7 Å². The molecule has 138 valence electrons. The summed E-state index contributed by atoms with van der Waals surface area (Å²) in [6.45, 7) is 2.14. The molecule has 0 atom stereocenters. The fraction of sp³-hybridized carbons (Fsp3) is 0.238. The zero-order valence-corrected chi connectivity index (χ0v) is 17.4. The van der Waals surface area contributed by atoms with E-state index in [-0.39, 0.29) is 0 Å². The summed E-state index contributed by atoms with van der Waals surface area (Å²) in [7, 11) is 0. The fourth-order valence-corrected chi connectivity index (χ4v) is 4.28. The van der Waals surface area contributed by atoms with Crippen LogP contribution in [0.1, 0.15) is 24.5 Å². The summed E-state index contributed by atoms with van der Waals surface area (Å²) in [5.41, 5.74) is 4.58. The largest absolute Gasteiger partial charge is 0.410 e. The molecule has 6 heteroatoms. The number of rotatable bonds is 7. The van der Waals surface area contributed by atoms with Crippen LogP contribution in [-0.4, -0.2) is 20.9 Å². The third kappa shape index (κ3) is 4.12. The predicted molar refractivity (Wildman–Crippen MR) is 114 cm³/mol. The van der Waals surface area contributed by atoms with E-state index >= 15 is 0 Å². The molecule has 0 aliphatic carbocycles. The Morgan fingerprint density at radius 1 is 1.11 bits per heavy atom. The van der Waals surface area contributed by atoms with Crippen molar-refractivity contribution in [2.24, 2.45) is 0 Å². The second-order valence-electron chi connectivity index (χ2n) is 6.33. The van der Waals surface area contributed by atoms with Gasteiger partial charge in [0.2, 0.25) is 0 Å². The van der Waals surface area contributed by atoms with Gasteiger partial charge in [0, 0.05) is 21.1 Å². The van der Waals surface area contributed by atoms with Crippen molar-refractivity contribution in [1.82, 2.24) is 15.2 Å². The van der Waals surface area contributed by atoms with Gasteiger partial charge in [-0.25, -0.2) is 0 Å². The Kier molecular flexibility index (Phi) is 5.64. The number of benzene rings is 2. The molecular weight excluding hydrogens is 422 g/mol. The van der Waals surface area contributed by atoms with Gasteiger partial charge < -0.3 is 9.40 Å². The second kappa shape index (κ2) is 8.31. The molecule has 4 aromatic rings. The lowest BCUT2D eigenvalue weighted by atomic mass is 10.1. The Hall–Kier alpha value is -2.05. The summed E-state index contributed by atoms with van der Waals surface area (Å²) in [6.07, 6.45) is 3.03. The van der Waals surface area contributed by atoms with Crippen LogP contribution in [0.3, 0.4) is 0 Å². The molecule has 0 spiro atoms. The molecule has 0 fully saturated rings. The van der Waals surface area contributed by atoms with Crippen molar-refractivity contribution >= 4 is 38.6 Å². The summed E-state index contributed by atoms with van der Waals surface area (Å²) >= 11 is 5.17. The molecule has 27 heavy (non-hydrogen) atoms. The molecule has 1 N–H and O–H groups in total. The SMILES string of the molecule is CCc1c(-c2nnc(SCCCc3ccccc3)o2)[nH]c2ccc(Br)cc12. The number of aromatic amines is 1. The molecule has 0 saturated heterocycles. The van der Waals surface area contributed by atoms with Crippen LogP contribution in [0, 0.1) is 0 Å². The minimum absolute atomic E-state index is 0.560. The first-order chi connectivity index (χ1) is 13.2. The van der Waals surface area contributed by atoms with Crippen molar-refractivity contribution in [3.8, 4) is 11.6 Å². The lowest BCUT2D eigenvalue weighted by Crippen LogP contribution is -1.87. The first kappa shape index (κ1) is 18.3. The molecule has 0 aliphatic heterocycles. The molecule has 0 saturated carbocycles. The normalized spacial score (nSPS) is 11.3. The maximum atomic E-state index is 5.92. The molecule has 0 unspecified atom stereocenters. The van der Waals surface area contributed by atoms with Gasteiger partial charge in [-0.1, -0.05) is 64.9 Å². The quantitative estimate of drug-likeness (QED) is 0.271. The summed E-state index contributed by atoms with van der Waals surface area (Å²) in [5, 5.41) is 10.3. The van der Waals surface area contributed by atoms with E-state index in [0.717, 1.165) is 40.7 Å². The minimum atomic E-state index is 0.560. The molecule has 2 aromatic heterocycles. The molecule has 2 aromatic carbocycles. The van der Waals surface area contributed by atoms with Crippen LogP contribution < -0.4 is 0 Å². The Morgan fingerprint density at radius 2 is 1.96 bits per heavy atom. The van der Waals surface area contributed by atoms with E-state index in [9.17, 15) is 0 Å². The highest BCUT2D eigenvalue weighted by molar-refractivity contribution is 9.10. The Morgan fingerprint density at radius 3 is 2.78 bits per heavy atom. The van der Waals surface area contributed by atoms with E-state index in [2.05, 4.69) is 74.4 Å². The number of hydrogen-bond donors (Lipinski definition) is 1. The molecular formula is C21H20BrN3OS. The molecule has 0 radical (unpaired) electrons. The van der Waals surface area contributed by atoms with Gasteiger partial charge in [0.15, 0.2) is 0 Å². The highest BCUT2D eigenvalue weighted by atomic mass is 79.9. The van der Waals surface area contributed by atoms with Crippen LogP contribution in [-0.2, 0) is 12.8 Å². The van der Waals surface area contributed by atoms with Crippen LogP contribution >= 0.6 is 27.7 Å². The first-order valence-electron chi connectivity index (χ1n) is 9.05. The van der Waals surface area contributed by atoms with Crippen molar-refractivity contribution in [3.63, 3.8) is 0 Å². The molecule has 4 rings (SSSR count). The number of H-pyrrole nitrogens is 1. The van der Waals surface area contributed by atoms with Gasteiger partial charge in [-0.2, -0.15) is 0 Å². The van der Waals surface area contributed by atoms with E-state index < -0.39 is 0 Å². The lowest BCUT2D eigenvalue weighted by molar-refractivity contribution is 0.464. The highest BCUT2D eigenvalue weighted by Crippen LogP contribution is 2.33. The Balaban J connectivity index is 1.45. The standard InChI is InChI=1S/C21H20BrN3OS/c1-2-16-17-13-15(22)10-11-18(17)23-19(16)20-24-25-21(26-20)27-12-6-9-14-7-4-3-5-8-14/h3-5,7-8,10-11,13,23H,2,6,9,12H2,1H3. The smallest absolute Gasteiger partial charge is 0.276 e. The number of aryl methyl sites for hydroxylation is 2. The van der Waals surface area contributed by atoms with Gasteiger partial charge in [0.25, 0.3) is 11.1 Å². The lowest BCUT2D eigenvalue weighted by Gasteiger charge is -1.99. The summed E-state index contributed by atoms with van der Waals surface area (Å²) in [6, 6.07) is 16.8. The van der Waals surface area contributed by atoms with Gasteiger partial charge in [0.1, 0.15) is 5.69 Å². The summed E-state index contributed by atoms with van der Waals surface area (Å²) in [5.74, 6) is 1.52. The zero-order valence-electron chi connectivity index (χ0n) is 15.0. The molecule has 4 nitrogen and oxygen atoms in total. The molecule has 0 bridgehead atoms. The van der Waals surface area contributed by atoms with E-state index in [0.29, 0.717) is 11.1 Å². The van der Waals surface area contributed by atoms with Gasteiger partial charge in [-0.15, -0.1) is 10.2 Å². The average Bonchev–Trinajstić information content (AvgIpc) is 3.30. The minimum Gasteiger partial charge on any atom is -0.410 e. The van der Waals surface area contributed by atoms with Crippen LogP contribution in [0.4, 0.5) is 0 Å². The van der Waals surface area contributed by atoms with Crippen LogP contribution in [0.15, 0.2) is 62.6 Å².